The zero-order valence-electron chi connectivity index (χ0n) is 49.2. The Kier molecular flexibility index (Phi) is 15.5. The molecule has 11 heterocycles. The molecule has 81 heavy (non-hydrogen) atoms. The molecule has 0 radical (unpaired) electrons. The van der Waals surface area contributed by atoms with E-state index < -0.39 is 42.5 Å². The van der Waals surface area contributed by atoms with E-state index in [9.17, 15) is 24.6 Å². The highest BCUT2D eigenvalue weighted by atomic mass is 16.8. The van der Waals surface area contributed by atoms with Crippen LogP contribution < -0.4 is 16.3 Å². The zero-order valence-corrected chi connectivity index (χ0v) is 49.2. The number of hydrogen-bond donors (Lipinski definition) is 2. The summed E-state index contributed by atoms with van der Waals surface area (Å²) in [6, 6.07) is 18.5. The molecule has 2 aromatic heterocycles. The predicted octanol–water partition coefficient (Wildman–Crippen LogP) is 6.32. The predicted molar refractivity (Wildman–Crippen MR) is 300 cm³/mol. The number of imidazole rings is 2. The molecule has 3 unspecified atom stereocenters. The van der Waals surface area contributed by atoms with E-state index in [1.807, 2.05) is 70.6 Å². The Balaban J connectivity index is 0.000000119. The van der Waals surface area contributed by atoms with Gasteiger partial charge in [0, 0.05) is 41.0 Å². The second kappa shape index (κ2) is 21.7. The number of carbonyl (C=O) groups is 1. The van der Waals surface area contributed by atoms with Crippen LogP contribution >= 0.6 is 0 Å². The standard InChI is InChI=1S/C21H28N2O5.C18H24N2O5.C12H13NO.C10H18O4/c1-20(2)9-10-22-15-12(20)7-6-8-13(15)23(19(22)24)11-14-16-17(18(25-5)26-14)28-21(3,4)27-16;1-18(2)7-8-19-13-10(18)5-4-6-11(13)20(17(19)23)9-12-14(21)15(22)16(24-3)25-12;1-8-5-6-13-11(14)7-9-3-2-4-10(8)12(9)13;1-5-6-7-8(9(11-4)12-6)14-10(2,3)13-7/h6-8,14,16-18H,9-11H2,1-5H3;4-6,12,14-16,21-22H,7-9H2,1-3H3;2-4,8H,5-7H2,1H3;6-9H,5H2,1-4H3/t14-,16-,17-,18?;12-,14-,15-,16?;8-;6-,7-,8-,9?/m1111/s1. The molecular weight excluding hydrogens is 1040 g/mol. The second-order valence-corrected chi connectivity index (χ2v) is 25.3. The van der Waals surface area contributed by atoms with Crippen molar-refractivity contribution in [2.45, 2.75) is 230 Å². The number of anilines is 1. The number of aliphatic hydroxyl groups excluding tert-OH is 2. The maximum absolute atomic E-state index is 13.2. The van der Waals surface area contributed by atoms with Gasteiger partial charge in [-0.25, -0.2) is 9.59 Å². The number of hydrogen-bond acceptors (Lipinski definition) is 15. The van der Waals surface area contributed by atoms with Gasteiger partial charge in [0.15, 0.2) is 30.4 Å². The smallest absolute Gasteiger partial charge is 0.329 e. The van der Waals surface area contributed by atoms with E-state index >= 15 is 0 Å². The molecule has 0 bridgehead atoms. The van der Waals surface area contributed by atoms with Crippen LogP contribution in [0.2, 0.25) is 0 Å². The summed E-state index contributed by atoms with van der Waals surface area (Å²) in [6.07, 6.45) is -0.962. The molecule has 3 aromatic carbocycles. The molecule has 5 saturated heterocycles. The van der Waals surface area contributed by atoms with Crippen LogP contribution in [0.1, 0.15) is 123 Å². The van der Waals surface area contributed by atoms with Crippen LogP contribution in [0, 0.1) is 0 Å². The summed E-state index contributed by atoms with van der Waals surface area (Å²) in [5, 5.41) is 20.2. The molecule has 20 heteroatoms. The summed E-state index contributed by atoms with van der Waals surface area (Å²) in [5.41, 5.74) is 9.96. The number of nitrogens with zero attached hydrogens (tertiary/aromatic N) is 5. The van der Waals surface area contributed by atoms with Crippen LogP contribution in [0.3, 0.4) is 0 Å². The van der Waals surface area contributed by atoms with Crippen molar-refractivity contribution < 1.29 is 62.4 Å². The Morgan fingerprint density at radius 1 is 0.580 bits per heavy atom. The first-order chi connectivity index (χ1) is 38.4. The average molecular weight is 1130 g/mol. The van der Waals surface area contributed by atoms with E-state index in [2.05, 4.69) is 71.9 Å². The van der Waals surface area contributed by atoms with Crippen molar-refractivity contribution in [1.82, 2.24) is 18.3 Å². The van der Waals surface area contributed by atoms with Crippen molar-refractivity contribution in [3.8, 4) is 0 Å². The third kappa shape index (κ3) is 10.3. The molecule has 13 atom stereocenters. The third-order valence-electron chi connectivity index (χ3n) is 18.2. The number of fused-ring (bicyclic) bond motifs is 2. The lowest BCUT2D eigenvalue weighted by atomic mass is 9.79. The number of aliphatic hydroxyl groups is 2. The molecule has 0 saturated carbocycles. The lowest BCUT2D eigenvalue weighted by molar-refractivity contribution is -0.228. The number of benzene rings is 3. The second-order valence-electron chi connectivity index (χ2n) is 25.3. The lowest BCUT2D eigenvalue weighted by Gasteiger charge is -2.30. The summed E-state index contributed by atoms with van der Waals surface area (Å²) < 4.78 is 63.8. The molecular formula is C61H83N5O15. The Hall–Kier alpha value is -4.81. The highest BCUT2D eigenvalue weighted by Crippen LogP contribution is 2.44. The summed E-state index contributed by atoms with van der Waals surface area (Å²) in [5.74, 6) is -0.317. The SMILES string of the molecule is CC[C@H]1OC(OC)[C@@H]2OC(C)(C)O[C@H]12.COC1O[C@H](Cn2c(=O)n3c4c(cccc42)C(C)(C)CC3)[C@@H](O)[C@H]1O.COC1O[C@H](Cn2c(=O)n3c4c(cccc42)C(C)(C)CC3)[C@H]2OC(C)(C)O[C@@H]12.C[C@@H]1CCN2C(=O)Cc3cccc1c32. The minimum absolute atomic E-state index is 0.0112. The van der Waals surface area contributed by atoms with Gasteiger partial charge < -0.3 is 62.5 Å². The Morgan fingerprint density at radius 2 is 1.05 bits per heavy atom. The van der Waals surface area contributed by atoms with Crippen LogP contribution in [0.4, 0.5) is 5.69 Å². The van der Waals surface area contributed by atoms with Gasteiger partial charge in [0.25, 0.3) is 0 Å². The first-order valence-corrected chi connectivity index (χ1v) is 28.9. The van der Waals surface area contributed by atoms with Gasteiger partial charge in [-0.1, -0.05) is 84.0 Å². The number of ether oxygens (including phenoxy) is 10. The summed E-state index contributed by atoms with van der Waals surface area (Å²) in [4.78, 5) is 39.8. The van der Waals surface area contributed by atoms with Crippen molar-refractivity contribution in [2.75, 3.05) is 32.8 Å². The average Bonchev–Trinajstić information content (AvgIpc) is 4.39. The summed E-state index contributed by atoms with van der Waals surface area (Å²) >= 11 is 0. The van der Waals surface area contributed by atoms with Crippen LogP contribution in [0.5, 0.6) is 0 Å². The third-order valence-corrected chi connectivity index (χ3v) is 18.2. The van der Waals surface area contributed by atoms with Crippen molar-refractivity contribution >= 4 is 33.7 Å². The maximum Gasteiger partial charge on any atom is 0.329 e. The quantitative estimate of drug-likeness (QED) is 0.174. The normalized spacial score (nSPS) is 32.9. The zero-order chi connectivity index (χ0) is 57.8. The number of methoxy groups -OCH3 is 3. The van der Waals surface area contributed by atoms with Gasteiger partial charge >= 0.3 is 11.4 Å². The van der Waals surface area contributed by atoms with Gasteiger partial charge in [-0.05, 0) is 105 Å². The molecule has 5 fully saturated rings. The minimum Gasteiger partial charge on any atom is -0.387 e. The fraction of sp³-hybridized carbons (Fsp3) is 0.656. The first-order valence-electron chi connectivity index (χ1n) is 28.9. The molecule has 5 aromatic rings. The molecule has 0 spiro atoms. The van der Waals surface area contributed by atoms with Gasteiger partial charge in [-0.15, -0.1) is 0 Å². The van der Waals surface area contributed by atoms with Gasteiger partial charge in [0.2, 0.25) is 5.91 Å². The van der Waals surface area contributed by atoms with E-state index in [0.717, 1.165) is 66.4 Å². The Morgan fingerprint density at radius 3 is 1.56 bits per heavy atom. The van der Waals surface area contributed by atoms with E-state index in [4.69, 9.17) is 47.4 Å². The summed E-state index contributed by atoms with van der Waals surface area (Å²) in [7, 11) is 4.65. The topological polar surface area (TPSA) is 207 Å². The highest BCUT2D eigenvalue weighted by molar-refractivity contribution is 6.02. The van der Waals surface area contributed by atoms with Crippen molar-refractivity contribution in [1.29, 1.82) is 0 Å². The Labute approximate surface area is 473 Å². The molecule has 0 aliphatic carbocycles. The van der Waals surface area contributed by atoms with Crippen molar-refractivity contribution in [3.63, 3.8) is 0 Å². The van der Waals surface area contributed by atoms with Crippen molar-refractivity contribution in [2.24, 2.45) is 0 Å². The molecule has 1 amide bonds. The Bertz CT molecular complexity index is 3260. The largest absolute Gasteiger partial charge is 0.387 e. The number of aromatic nitrogens is 4. The fourth-order valence-electron chi connectivity index (χ4n) is 13.8. The van der Waals surface area contributed by atoms with Crippen LogP contribution in [-0.4, -0.2) is 148 Å². The number of amides is 1. The number of carbonyl (C=O) groups excluding carboxylic acids is 1. The van der Waals surface area contributed by atoms with Gasteiger partial charge in [0.05, 0.1) is 53.4 Å². The van der Waals surface area contributed by atoms with Crippen LogP contribution in [-0.2, 0) is 95.6 Å². The number of aryl methyl sites for hydroxylation is 2. The highest BCUT2D eigenvalue weighted by Gasteiger charge is 2.57. The fourth-order valence-corrected chi connectivity index (χ4v) is 13.8. The van der Waals surface area contributed by atoms with Gasteiger partial charge in [-0.2, -0.15) is 0 Å². The van der Waals surface area contributed by atoms with E-state index in [0.29, 0.717) is 25.4 Å². The van der Waals surface area contributed by atoms with Crippen LogP contribution in [0.15, 0.2) is 64.2 Å². The molecule has 2 N–H and O–H groups in total. The molecule has 14 rings (SSSR count). The van der Waals surface area contributed by atoms with Crippen molar-refractivity contribution in [3.05, 3.63) is 97.8 Å². The van der Waals surface area contributed by atoms with E-state index in [-0.39, 0.29) is 77.6 Å². The minimum atomic E-state index is -1.12. The number of rotatable bonds is 8. The molecule has 9 aliphatic heterocycles. The van der Waals surface area contributed by atoms with E-state index in [1.54, 1.807) is 18.8 Å². The van der Waals surface area contributed by atoms with E-state index in [1.165, 1.54) is 29.5 Å². The molecule has 442 valence electrons. The lowest BCUT2D eigenvalue weighted by Crippen LogP contribution is -2.37. The molecule has 20 nitrogen and oxygen atoms in total. The molecule has 9 aliphatic rings. The van der Waals surface area contributed by atoms with Gasteiger partial charge in [0.1, 0.15) is 48.8 Å². The summed E-state index contributed by atoms with van der Waals surface area (Å²) in [6.45, 7) is 23.7. The van der Waals surface area contributed by atoms with Gasteiger partial charge in [-0.3, -0.25) is 23.1 Å². The van der Waals surface area contributed by atoms with Crippen LogP contribution in [0.25, 0.3) is 22.1 Å². The maximum atomic E-state index is 13.2. The first kappa shape index (κ1) is 58.0. The monoisotopic (exact) mass is 1130 g/mol. The number of para-hydroxylation sites is 3.